The molecule has 0 heterocycles. The van der Waals surface area contributed by atoms with Crippen molar-refractivity contribution in [2.24, 2.45) is 4.99 Å². The summed E-state index contributed by atoms with van der Waals surface area (Å²) >= 11 is 0. The maximum absolute atomic E-state index is 12.3. The third-order valence-corrected chi connectivity index (χ3v) is 2.60. The molecule has 8 heteroatoms. The molecule has 0 aliphatic carbocycles. The van der Waals surface area contributed by atoms with Crippen LogP contribution >= 0.6 is 24.0 Å². The van der Waals surface area contributed by atoms with Crippen molar-refractivity contribution in [1.29, 1.82) is 0 Å². The predicted octanol–water partition coefficient (Wildman–Crippen LogP) is 2.61. The van der Waals surface area contributed by atoms with Gasteiger partial charge in [-0.15, -0.1) is 24.0 Å². The van der Waals surface area contributed by atoms with Crippen LogP contribution in [0.3, 0.4) is 0 Å². The van der Waals surface area contributed by atoms with Crippen molar-refractivity contribution in [2.75, 3.05) is 26.8 Å². The number of benzene rings is 1. The van der Waals surface area contributed by atoms with Gasteiger partial charge in [-0.1, -0.05) is 18.2 Å². The molecule has 0 saturated carbocycles. The van der Waals surface area contributed by atoms with E-state index < -0.39 is 6.61 Å². The van der Waals surface area contributed by atoms with Crippen LogP contribution in [0.2, 0.25) is 0 Å². The molecule has 0 atom stereocenters. The Hall–Kier alpha value is -1.16. The number of alkyl halides is 2. The first-order chi connectivity index (χ1) is 10.2. The lowest BCUT2D eigenvalue weighted by molar-refractivity contribution is -0.0504. The third-order valence-electron chi connectivity index (χ3n) is 2.60. The molecule has 0 aromatic heterocycles. The van der Waals surface area contributed by atoms with Crippen LogP contribution in [-0.4, -0.2) is 39.4 Å². The van der Waals surface area contributed by atoms with Gasteiger partial charge in [0.1, 0.15) is 5.75 Å². The second kappa shape index (κ2) is 12.4. The summed E-state index contributed by atoms with van der Waals surface area (Å²) in [7, 11) is 1.64. The molecule has 0 radical (unpaired) electrons. The summed E-state index contributed by atoms with van der Waals surface area (Å²) < 4.78 is 34.3. The Labute approximate surface area is 146 Å². The van der Waals surface area contributed by atoms with Gasteiger partial charge >= 0.3 is 6.61 Å². The van der Waals surface area contributed by atoms with Crippen LogP contribution in [-0.2, 0) is 11.3 Å². The summed E-state index contributed by atoms with van der Waals surface area (Å²) in [5.41, 5.74) is 0.630. The zero-order valence-corrected chi connectivity index (χ0v) is 15.0. The molecular weight excluding hydrogens is 407 g/mol. The van der Waals surface area contributed by atoms with E-state index in [1.165, 1.54) is 6.07 Å². The van der Waals surface area contributed by atoms with E-state index in [-0.39, 0.29) is 29.7 Å². The summed E-state index contributed by atoms with van der Waals surface area (Å²) in [6.45, 7) is 1.26. The Kier molecular flexibility index (Phi) is 11.7. The standard InChI is InChI=1S/C14H21F2N3O2.HI/c1-3-20-9-8-18-14(17-2)19-10-11-6-4-5-7-12(11)21-13(15)16;/h4-7,13H,3,8-10H2,1-2H3,(H2,17,18,19);1H. The summed E-state index contributed by atoms with van der Waals surface area (Å²) in [6, 6.07) is 6.64. The van der Waals surface area contributed by atoms with Crippen molar-refractivity contribution in [3.63, 3.8) is 0 Å². The van der Waals surface area contributed by atoms with Crippen molar-refractivity contribution < 1.29 is 18.3 Å². The number of ether oxygens (including phenoxy) is 2. The summed E-state index contributed by atoms with van der Waals surface area (Å²) in [5, 5.41) is 6.09. The molecule has 0 fully saturated rings. The number of para-hydroxylation sites is 1. The van der Waals surface area contributed by atoms with Crippen molar-refractivity contribution in [3.05, 3.63) is 29.8 Å². The van der Waals surface area contributed by atoms with E-state index in [1.54, 1.807) is 25.2 Å². The first kappa shape index (κ1) is 20.8. The van der Waals surface area contributed by atoms with E-state index in [4.69, 9.17) is 4.74 Å². The molecule has 0 bridgehead atoms. The van der Waals surface area contributed by atoms with Gasteiger partial charge in [0.25, 0.3) is 0 Å². The van der Waals surface area contributed by atoms with Gasteiger partial charge in [-0.25, -0.2) is 0 Å². The number of aliphatic imine (C=N–C) groups is 1. The second-order valence-electron chi connectivity index (χ2n) is 4.04. The van der Waals surface area contributed by atoms with Gasteiger partial charge in [-0.2, -0.15) is 8.78 Å². The first-order valence-corrected chi connectivity index (χ1v) is 6.72. The lowest BCUT2D eigenvalue weighted by Gasteiger charge is -2.14. The predicted molar refractivity (Wildman–Crippen MR) is 93.2 cm³/mol. The molecule has 1 aromatic carbocycles. The normalized spacial score (nSPS) is 11.0. The third kappa shape index (κ3) is 8.32. The smallest absolute Gasteiger partial charge is 0.387 e. The lowest BCUT2D eigenvalue weighted by atomic mass is 10.2. The largest absolute Gasteiger partial charge is 0.434 e. The molecule has 0 saturated heterocycles. The number of guanidine groups is 1. The molecule has 0 unspecified atom stereocenters. The van der Waals surface area contributed by atoms with Gasteiger partial charge < -0.3 is 20.1 Å². The monoisotopic (exact) mass is 429 g/mol. The molecule has 126 valence electrons. The van der Waals surface area contributed by atoms with Crippen LogP contribution in [0.25, 0.3) is 0 Å². The van der Waals surface area contributed by atoms with Gasteiger partial charge in [0, 0.05) is 32.3 Å². The molecule has 0 aliphatic heterocycles. The van der Waals surface area contributed by atoms with E-state index in [2.05, 4.69) is 20.4 Å². The SMILES string of the molecule is CCOCCNC(=NC)NCc1ccccc1OC(F)F.I. The topological polar surface area (TPSA) is 54.9 Å². The second-order valence-corrected chi connectivity index (χ2v) is 4.04. The van der Waals surface area contributed by atoms with Crippen LogP contribution in [0, 0.1) is 0 Å². The number of nitrogens with zero attached hydrogens (tertiary/aromatic N) is 1. The number of nitrogens with one attached hydrogen (secondary N) is 2. The Balaban J connectivity index is 0.00000441. The average Bonchev–Trinajstić information content (AvgIpc) is 2.47. The van der Waals surface area contributed by atoms with E-state index in [9.17, 15) is 8.78 Å². The minimum Gasteiger partial charge on any atom is -0.434 e. The molecule has 0 spiro atoms. The van der Waals surface area contributed by atoms with Crippen LogP contribution < -0.4 is 15.4 Å². The lowest BCUT2D eigenvalue weighted by Crippen LogP contribution is -2.38. The van der Waals surface area contributed by atoms with Gasteiger partial charge in [0.2, 0.25) is 0 Å². The molecule has 1 rings (SSSR count). The van der Waals surface area contributed by atoms with E-state index in [0.717, 1.165) is 0 Å². The fraction of sp³-hybridized carbons (Fsp3) is 0.500. The molecule has 22 heavy (non-hydrogen) atoms. The molecule has 2 N–H and O–H groups in total. The van der Waals surface area contributed by atoms with E-state index in [0.29, 0.717) is 37.8 Å². The zero-order valence-electron chi connectivity index (χ0n) is 12.6. The minimum atomic E-state index is -2.84. The highest BCUT2D eigenvalue weighted by Gasteiger charge is 2.09. The maximum atomic E-state index is 12.3. The molecule has 0 aliphatic rings. The molecule has 5 nitrogen and oxygen atoms in total. The average molecular weight is 429 g/mol. The number of hydrogen-bond donors (Lipinski definition) is 2. The minimum absolute atomic E-state index is 0. The fourth-order valence-electron chi connectivity index (χ4n) is 1.65. The van der Waals surface area contributed by atoms with Gasteiger partial charge in [0.05, 0.1) is 6.61 Å². The quantitative estimate of drug-likeness (QED) is 0.289. The van der Waals surface area contributed by atoms with Crippen LogP contribution in [0.4, 0.5) is 8.78 Å². The summed E-state index contributed by atoms with van der Waals surface area (Å²) in [5.74, 6) is 0.728. The maximum Gasteiger partial charge on any atom is 0.387 e. The van der Waals surface area contributed by atoms with Gasteiger partial charge in [0.15, 0.2) is 5.96 Å². The fourth-order valence-corrected chi connectivity index (χ4v) is 1.65. The molecule has 1 aromatic rings. The van der Waals surface area contributed by atoms with Gasteiger partial charge in [-0.3, -0.25) is 4.99 Å². The Morgan fingerprint density at radius 2 is 2.00 bits per heavy atom. The van der Waals surface area contributed by atoms with E-state index in [1.807, 2.05) is 6.92 Å². The number of rotatable bonds is 8. The number of halogens is 3. The van der Waals surface area contributed by atoms with Crippen LogP contribution in [0.1, 0.15) is 12.5 Å². The number of hydrogen-bond acceptors (Lipinski definition) is 3. The highest BCUT2D eigenvalue weighted by atomic mass is 127. The van der Waals surface area contributed by atoms with Crippen LogP contribution in [0.5, 0.6) is 5.75 Å². The first-order valence-electron chi connectivity index (χ1n) is 6.72. The Morgan fingerprint density at radius 1 is 1.27 bits per heavy atom. The Bertz CT molecular complexity index is 448. The summed E-state index contributed by atoms with van der Waals surface area (Å²) in [4.78, 5) is 4.04. The van der Waals surface area contributed by atoms with Crippen molar-refractivity contribution in [3.8, 4) is 5.75 Å². The summed E-state index contributed by atoms with van der Waals surface area (Å²) in [6.07, 6.45) is 0. The van der Waals surface area contributed by atoms with Crippen molar-refractivity contribution >= 4 is 29.9 Å². The Morgan fingerprint density at radius 3 is 2.64 bits per heavy atom. The zero-order chi connectivity index (χ0) is 15.5. The molecular formula is C14H22F2IN3O2. The highest BCUT2D eigenvalue weighted by Crippen LogP contribution is 2.19. The van der Waals surface area contributed by atoms with Crippen molar-refractivity contribution in [1.82, 2.24) is 10.6 Å². The van der Waals surface area contributed by atoms with E-state index >= 15 is 0 Å². The van der Waals surface area contributed by atoms with Crippen molar-refractivity contribution in [2.45, 2.75) is 20.1 Å². The van der Waals surface area contributed by atoms with Gasteiger partial charge in [-0.05, 0) is 13.0 Å². The highest BCUT2D eigenvalue weighted by molar-refractivity contribution is 14.0. The van der Waals surface area contributed by atoms with Crippen LogP contribution in [0.15, 0.2) is 29.3 Å². The molecule has 0 amide bonds.